The van der Waals surface area contributed by atoms with E-state index in [-0.39, 0.29) is 5.56 Å². The van der Waals surface area contributed by atoms with Gasteiger partial charge in [0.05, 0.1) is 11.8 Å². The first kappa shape index (κ1) is 28.3. The van der Waals surface area contributed by atoms with Crippen LogP contribution in [-0.4, -0.2) is 26.1 Å². The molecule has 1 aliphatic rings. The second-order valence-electron chi connectivity index (χ2n) is 11.2. The molecule has 1 amide bonds. The maximum absolute atomic E-state index is 14.7. The summed E-state index contributed by atoms with van der Waals surface area (Å²) in [5, 5.41) is 2.80. The number of halogens is 3. The third-order valence-corrected chi connectivity index (χ3v) is 12.7. The van der Waals surface area contributed by atoms with E-state index in [0.717, 1.165) is 11.8 Å². The number of hydrogen-bond donors (Lipinski definition) is 1. The Balaban J connectivity index is 2.48. The van der Waals surface area contributed by atoms with Gasteiger partial charge in [-0.2, -0.15) is 0 Å². The Labute approximate surface area is 203 Å². The summed E-state index contributed by atoms with van der Waals surface area (Å²) in [6.45, 7) is 18.4. The summed E-state index contributed by atoms with van der Waals surface area (Å²) in [5.41, 5.74) is 0.362. The number of carbonyl (C=O) groups is 1. The molecule has 1 aliphatic carbocycles. The van der Waals surface area contributed by atoms with E-state index in [9.17, 15) is 18.0 Å². The lowest BCUT2D eigenvalue weighted by molar-refractivity contribution is 0.0504. The van der Waals surface area contributed by atoms with Crippen molar-refractivity contribution in [1.82, 2.24) is 5.32 Å². The first-order valence-electron chi connectivity index (χ1n) is 12.1. The van der Waals surface area contributed by atoms with E-state index < -0.39 is 49.4 Å². The first-order chi connectivity index (χ1) is 15.6. The molecule has 0 aromatic heterocycles. The van der Waals surface area contributed by atoms with E-state index in [1.165, 1.54) is 0 Å². The number of benzene rings is 1. The van der Waals surface area contributed by atoms with Crippen LogP contribution >= 0.6 is 0 Å². The van der Waals surface area contributed by atoms with Crippen LogP contribution in [0.2, 0.25) is 16.6 Å². The van der Waals surface area contributed by atoms with Gasteiger partial charge in [-0.3, -0.25) is 0 Å². The van der Waals surface area contributed by atoms with Crippen LogP contribution in [-0.2, 0) is 9.16 Å². The Bertz CT molecular complexity index is 888. The fourth-order valence-electron chi connectivity index (χ4n) is 5.30. The molecule has 0 unspecified atom stereocenters. The Morgan fingerprint density at radius 3 is 2.00 bits per heavy atom. The Kier molecular flexibility index (Phi) is 8.94. The molecular formula is C26H40F3NO3Si. The van der Waals surface area contributed by atoms with Crippen LogP contribution in [0.1, 0.15) is 86.6 Å². The zero-order chi connectivity index (χ0) is 26.0. The molecule has 4 nitrogen and oxygen atoms in total. The summed E-state index contributed by atoms with van der Waals surface area (Å²) >= 11 is 0. The van der Waals surface area contributed by atoms with Gasteiger partial charge in [0, 0.05) is 18.4 Å². The van der Waals surface area contributed by atoms with Crippen LogP contribution in [0.25, 0.3) is 0 Å². The second kappa shape index (κ2) is 10.8. The van der Waals surface area contributed by atoms with Gasteiger partial charge in [-0.25, -0.2) is 18.0 Å². The average molecular weight is 500 g/mol. The lowest BCUT2D eigenvalue weighted by Crippen LogP contribution is -2.48. The Morgan fingerprint density at radius 1 is 0.971 bits per heavy atom. The van der Waals surface area contributed by atoms with Crippen molar-refractivity contribution in [3.8, 4) is 0 Å². The number of amides is 1. The number of nitrogens with one attached hydrogen (secondary N) is 1. The highest BCUT2D eigenvalue weighted by Gasteiger charge is 2.48. The number of hydrogen-bond acceptors (Lipinski definition) is 3. The second-order valence-corrected chi connectivity index (χ2v) is 16.5. The van der Waals surface area contributed by atoms with Crippen molar-refractivity contribution >= 4 is 14.4 Å². The highest BCUT2D eigenvalue weighted by molar-refractivity contribution is 6.77. The molecule has 2 rings (SSSR count). The highest BCUT2D eigenvalue weighted by Crippen LogP contribution is 2.45. The van der Waals surface area contributed by atoms with Crippen molar-refractivity contribution in [3.63, 3.8) is 0 Å². The van der Waals surface area contributed by atoms with Crippen LogP contribution in [0.3, 0.4) is 0 Å². The molecular weight excluding hydrogens is 459 g/mol. The molecule has 0 heterocycles. The summed E-state index contributed by atoms with van der Waals surface area (Å²) in [6.07, 6.45) is 2.06. The summed E-state index contributed by atoms with van der Waals surface area (Å²) in [5.74, 6) is -3.04. The maximum Gasteiger partial charge on any atom is 0.408 e. The average Bonchev–Trinajstić information content (AvgIpc) is 2.67. The number of ether oxygens (including phenoxy) is 1. The van der Waals surface area contributed by atoms with Gasteiger partial charge in [-0.05, 0) is 61.5 Å². The normalized spacial score (nSPS) is 19.4. The van der Waals surface area contributed by atoms with Crippen molar-refractivity contribution in [2.24, 2.45) is 0 Å². The van der Waals surface area contributed by atoms with Crippen LogP contribution < -0.4 is 5.32 Å². The number of rotatable bonds is 7. The summed E-state index contributed by atoms with van der Waals surface area (Å²) in [4.78, 5) is 12.6. The fraction of sp³-hybridized carbons (Fsp3) is 0.654. The third kappa shape index (κ3) is 6.37. The van der Waals surface area contributed by atoms with Gasteiger partial charge in [0.2, 0.25) is 0 Å². The Hall–Kier alpha value is -1.96. The van der Waals surface area contributed by atoms with Crippen molar-refractivity contribution in [2.45, 2.75) is 109 Å². The maximum atomic E-state index is 14.7. The van der Waals surface area contributed by atoms with Gasteiger partial charge >= 0.3 is 6.09 Å². The van der Waals surface area contributed by atoms with Crippen LogP contribution in [0.4, 0.5) is 18.0 Å². The molecule has 1 N–H and O–H groups in total. The molecule has 1 aromatic rings. The minimum atomic E-state index is -2.25. The topological polar surface area (TPSA) is 47.6 Å². The van der Waals surface area contributed by atoms with Crippen molar-refractivity contribution in [1.29, 1.82) is 0 Å². The van der Waals surface area contributed by atoms with E-state index in [1.54, 1.807) is 26.8 Å². The first-order valence-corrected chi connectivity index (χ1v) is 14.3. The molecule has 8 heteroatoms. The lowest BCUT2D eigenvalue weighted by atomic mass is 9.83. The Morgan fingerprint density at radius 2 is 1.50 bits per heavy atom. The van der Waals surface area contributed by atoms with Gasteiger partial charge < -0.3 is 14.5 Å². The smallest absolute Gasteiger partial charge is 0.408 e. The van der Waals surface area contributed by atoms with Crippen molar-refractivity contribution < 1.29 is 27.1 Å². The van der Waals surface area contributed by atoms with Gasteiger partial charge in [0.1, 0.15) is 11.4 Å². The van der Waals surface area contributed by atoms with Gasteiger partial charge in [0.25, 0.3) is 8.32 Å². The quantitative estimate of drug-likeness (QED) is 0.306. The van der Waals surface area contributed by atoms with Crippen LogP contribution in [0, 0.1) is 17.5 Å². The third-order valence-electron chi connectivity index (χ3n) is 6.64. The minimum absolute atomic E-state index is 0.0235. The lowest BCUT2D eigenvalue weighted by Gasteiger charge is -2.44. The molecule has 1 aromatic carbocycles. The molecule has 0 radical (unpaired) electrons. The van der Waals surface area contributed by atoms with E-state index in [4.69, 9.17) is 9.16 Å². The molecule has 2 atom stereocenters. The zero-order valence-electron chi connectivity index (χ0n) is 21.9. The number of allylic oxidation sites excluding steroid dienone is 1. The monoisotopic (exact) mass is 499 g/mol. The van der Waals surface area contributed by atoms with Crippen molar-refractivity contribution in [3.05, 3.63) is 47.0 Å². The largest absolute Gasteiger partial charge is 0.546 e. The molecule has 0 bridgehead atoms. The van der Waals surface area contributed by atoms with Gasteiger partial charge in [-0.1, -0.05) is 41.5 Å². The summed E-state index contributed by atoms with van der Waals surface area (Å²) in [6, 6.07) is 0.740. The van der Waals surface area contributed by atoms with Crippen molar-refractivity contribution in [2.75, 3.05) is 0 Å². The van der Waals surface area contributed by atoms with E-state index in [1.807, 2.05) is 0 Å². The SMILES string of the molecule is CC(C)[Si](OC1=C[C@@H](NC(=O)OC(C)(C)C)[C@H](c2cc(F)c(F)cc2F)CC1)(C(C)C)C(C)C. The van der Waals surface area contributed by atoms with E-state index in [0.29, 0.717) is 35.5 Å². The predicted octanol–water partition coefficient (Wildman–Crippen LogP) is 7.95. The minimum Gasteiger partial charge on any atom is -0.546 e. The van der Waals surface area contributed by atoms with Gasteiger partial charge in [0.15, 0.2) is 11.6 Å². The van der Waals surface area contributed by atoms with Crippen LogP contribution in [0.15, 0.2) is 24.0 Å². The van der Waals surface area contributed by atoms with Gasteiger partial charge in [-0.15, -0.1) is 0 Å². The zero-order valence-corrected chi connectivity index (χ0v) is 22.9. The standard InChI is InChI=1S/C26H40F3NO3Si/c1-15(2)34(16(3)4,17(5)6)33-18-10-11-19(20-13-22(28)23(29)14-21(20)27)24(12-18)30-25(31)32-26(7,8)9/h12-17,19,24H,10-11H2,1-9H3,(H,30,31)/t19-,24+/m0/s1. The van der Waals surface area contributed by atoms with E-state index in [2.05, 4.69) is 46.9 Å². The number of carbonyl (C=O) groups excluding carboxylic acids is 1. The summed E-state index contributed by atoms with van der Waals surface area (Å²) < 4.78 is 54.5. The molecule has 0 spiro atoms. The predicted molar refractivity (Wildman–Crippen MR) is 132 cm³/mol. The molecule has 192 valence electrons. The number of alkyl carbamates (subject to hydrolysis) is 1. The molecule has 0 saturated heterocycles. The van der Waals surface area contributed by atoms with E-state index >= 15 is 0 Å². The molecule has 0 saturated carbocycles. The fourth-order valence-corrected chi connectivity index (χ4v) is 10.6. The summed E-state index contributed by atoms with van der Waals surface area (Å²) in [7, 11) is -2.25. The molecule has 34 heavy (non-hydrogen) atoms. The van der Waals surface area contributed by atoms with Crippen LogP contribution in [0.5, 0.6) is 0 Å². The molecule has 0 aliphatic heterocycles. The highest BCUT2D eigenvalue weighted by atomic mass is 28.4. The molecule has 0 fully saturated rings.